The van der Waals surface area contributed by atoms with E-state index in [1.807, 2.05) is 6.07 Å². The molecule has 0 saturated heterocycles. The van der Waals surface area contributed by atoms with Crippen LogP contribution in [0.4, 0.5) is 0 Å². The Kier molecular flexibility index (Phi) is 4.30. The SMILES string of the molecule is CC1(C)CC(C)(C)c2cc3c(cc21)-c1c(Cl)cccc1C3(c1ccccc1)c1ccccc1. The van der Waals surface area contributed by atoms with Gasteiger partial charge in [0.05, 0.1) is 5.41 Å². The van der Waals surface area contributed by atoms with Crippen LogP contribution in [0.5, 0.6) is 0 Å². The first-order valence-corrected chi connectivity index (χ1v) is 12.2. The van der Waals surface area contributed by atoms with Crippen molar-refractivity contribution in [3.8, 4) is 11.1 Å². The third-order valence-corrected chi connectivity index (χ3v) is 8.32. The highest BCUT2D eigenvalue weighted by Crippen LogP contribution is 2.61. The van der Waals surface area contributed by atoms with E-state index in [4.69, 9.17) is 11.6 Å². The number of rotatable bonds is 2. The van der Waals surface area contributed by atoms with E-state index >= 15 is 0 Å². The summed E-state index contributed by atoms with van der Waals surface area (Å²) >= 11 is 6.98. The molecule has 6 rings (SSSR count). The second kappa shape index (κ2) is 6.84. The Labute approximate surface area is 202 Å². The van der Waals surface area contributed by atoms with Gasteiger partial charge < -0.3 is 0 Å². The first-order chi connectivity index (χ1) is 15.8. The van der Waals surface area contributed by atoms with E-state index in [1.54, 1.807) is 0 Å². The molecule has 0 nitrogen and oxygen atoms in total. The van der Waals surface area contributed by atoms with E-state index in [9.17, 15) is 0 Å². The van der Waals surface area contributed by atoms with E-state index in [-0.39, 0.29) is 10.8 Å². The van der Waals surface area contributed by atoms with Crippen LogP contribution in [0.3, 0.4) is 0 Å². The highest BCUT2D eigenvalue weighted by molar-refractivity contribution is 6.34. The van der Waals surface area contributed by atoms with Crippen LogP contribution in [0.25, 0.3) is 11.1 Å². The summed E-state index contributed by atoms with van der Waals surface area (Å²) in [7, 11) is 0. The molecule has 0 aromatic heterocycles. The second-order valence-electron chi connectivity index (χ2n) is 11.0. The lowest BCUT2D eigenvalue weighted by atomic mass is 9.67. The standard InChI is InChI=1S/C32H29Cl/c1-30(2)20-31(3,4)27-19-25-23(18-26(27)30)29-24(16-11-17-28(29)33)32(25,21-12-7-5-8-13-21)22-14-9-6-10-15-22/h5-19H,20H2,1-4H3. The van der Waals surface area contributed by atoms with Crippen molar-refractivity contribution in [1.82, 2.24) is 0 Å². The molecule has 164 valence electrons. The molecule has 4 aromatic carbocycles. The van der Waals surface area contributed by atoms with Crippen LogP contribution >= 0.6 is 11.6 Å². The maximum absolute atomic E-state index is 6.98. The Morgan fingerprint density at radius 3 is 1.70 bits per heavy atom. The van der Waals surface area contributed by atoms with Gasteiger partial charge in [0, 0.05) is 10.6 Å². The maximum atomic E-state index is 6.98. The minimum Gasteiger partial charge on any atom is -0.0837 e. The summed E-state index contributed by atoms with van der Waals surface area (Å²) in [6.07, 6.45) is 1.15. The predicted molar refractivity (Wildman–Crippen MR) is 139 cm³/mol. The Balaban J connectivity index is 1.82. The zero-order valence-electron chi connectivity index (χ0n) is 19.7. The fourth-order valence-corrected chi connectivity index (χ4v) is 7.23. The fraction of sp³-hybridized carbons (Fsp3) is 0.250. The van der Waals surface area contributed by atoms with Gasteiger partial charge in [0.1, 0.15) is 0 Å². The smallest absolute Gasteiger partial charge is 0.0714 e. The average molecular weight is 449 g/mol. The molecule has 0 fully saturated rings. The Bertz CT molecular complexity index is 1340. The molecule has 0 spiro atoms. The lowest BCUT2D eigenvalue weighted by Crippen LogP contribution is -2.29. The number of hydrogen-bond acceptors (Lipinski definition) is 0. The molecule has 0 heterocycles. The minimum absolute atomic E-state index is 0.131. The summed E-state index contributed by atoms with van der Waals surface area (Å²) < 4.78 is 0. The van der Waals surface area contributed by atoms with E-state index in [1.165, 1.54) is 44.5 Å². The molecular formula is C32H29Cl. The van der Waals surface area contributed by atoms with Gasteiger partial charge in [0.15, 0.2) is 0 Å². The van der Waals surface area contributed by atoms with Crippen LogP contribution in [0.1, 0.15) is 67.5 Å². The van der Waals surface area contributed by atoms with Crippen molar-refractivity contribution in [2.75, 3.05) is 0 Å². The zero-order chi connectivity index (χ0) is 23.0. The first-order valence-electron chi connectivity index (χ1n) is 11.9. The molecule has 0 radical (unpaired) electrons. The highest BCUT2D eigenvalue weighted by Gasteiger charge is 2.50. The quantitative estimate of drug-likeness (QED) is 0.253. The first kappa shape index (κ1) is 20.8. The second-order valence-corrected chi connectivity index (χ2v) is 11.4. The van der Waals surface area contributed by atoms with Gasteiger partial charge in [-0.25, -0.2) is 0 Å². The summed E-state index contributed by atoms with van der Waals surface area (Å²) in [5, 5.41) is 0.831. The maximum Gasteiger partial charge on any atom is 0.0714 e. The van der Waals surface area contributed by atoms with Crippen molar-refractivity contribution in [1.29, 1.82) is 0 Å². The van der Waals surface area contributed by atoms with Gasteiger partial charge in [-0.05, 0) is 68.3 Å². The van der Waals surface area contributed by atoms with Gasteiger partial charge in [-0.3, -0.25) is 0 Å². The monoisotopic (exact) mass is 448 g/mol. The molecule has 0 bridgehead atoms. The molecule has 4 aromatic rings. The van der Waals surface area contributed by atoms with E-state index in [0.717, 1.165) is 11.4 Å². The Hall–Kier alpha value is -2.83. The van der Waals surface area contributed by atoms with Crippen molar-refractivity contribution in [3.63, 3.8) is 0 Å². The van der Waals surface area contributed by atoms with Gasteiger partial charge in [0.2, 0.25) is 0 Å². The molecule has 1 heteroatoms. The molecule has 0 unspecified atom stereocenters. The van der Waals surface area contributed by atoms with Crippen LogP contribution in [-0.2, 0) is 16.2 Å². The van der Waals surface area contributed by atoms with E-state index in [0.29, 0.717) is 0 Å². The van der Waals surface area contributed by atoms with Crippen LogP contribution in [0.15, 0.2) is 91.0 Å². The van der Waals surface area contributed by atoms with Crippen molar-refractivity contribution >= 4 is 11.6 Å². The van der Waals surface area contributed by atoms with Crippen molar-refractivity contribution in [3.05, 3.63) is 129 Å². The number of halogens is 1. The summed E-state index contributed by atoms with van der Waals surface area (Å²) in [5.41, 5.74) is 10.5. The lowest BCUT2D eigenvalue weighted by molar-refractivity contribution is 0.403. The number of hydrogen-bond donors (Lipinski definition) is 0. The molecule has 0 aliphatic heterocycles. The third-order valence-electron chi connectivity index (χ3n) is 8.00. The molecule has 0 atom stereocenters. The van der Waals surface area contributed by atoms with Crippen LogP contribution in [0, 0.1) is 0 Å². The van der Waals surface area contributed by atoms with E-state index in [2.05, 4.69) is 113 Å². The van der Waals surface area contributed by atoms with Gasteiger partial charge in [-0.1, -0.05) is 118 Å². The third kappa shape index (κ3) is 2.71. The number of benzene rings is 4. The number of fused-ring (bicyclic) bond motifs is 4. The molecule has 0 amide bonds. The zero-order valence-corrected chi connectivity index (χ0v) is 20.5. The lowest BCUT2D eigenvalue weighted by Gasteiger charge is -2.34. The average Bonchev–Trinajstić information content (AvgIpc) is 3.19. The molecule has 2 aliphatic rings. The summed E-state index contributed by atoms with van der Waals surface area (Å²) in [5.74, 6) is 0. The van der Waals surface area contributed by atoms with Crippen LogP contribution < -0.4 is 0 Å². The van der Waals surface area contributed by atoms with Crippen molar-refractivity contribution in [2.45, 2.75) is 50.4 Å². The van der Waals surface area contributed by atoms with Crippen molar-refractivity contribution in [2.24, 2.45) is 0 Å². The molecular weight excluding hydrogens is 420 g/mol. The summed E-state index contributed by atoms with van der Waals surface area (Å²) in [6, 6.07) is 33.3. The Morgan fingerprint density at radius 2 is 1.12 bits per heavy atom. The van der Waals surface area contributed by atoms with Crippen LogP contribution in [0.2, 0.25) is 5.02 Å². The molecule has 0 N–H and O–H groups in total. The van der Waals surface area contributed by atoms with Crippen molar-refractivity contribution < 1.29 is 0 Å². The molecule has 2 aliphatic carbocycles. The van der Waals surface area contributed by atoms with Gasteiger partial charge in [0.25, 0.3) is 0 Å². The normalized spacial score (nSPS) is 18.5. The Morgan fingerprint density at radius 1 is 0.576 bits per heavy atom. The summed E-state index contributed by atoms with van der Waals surface area (Å²) in [4.78, 5) is 0. The van der Waals surface area contributed by atoms with Crippen LogP contribution in [-0.4, -0.2) is 0 Å². The van der Waals surface area contributed by atoms with Gasteiger partial charge in [-0.15, -0.1) is 0 Å². The van der Waals surface area contributed by atoms with E-state index < -0.39 is 5.41 Å². The molecule has 0 saturated carbocycles. The fourth-order valence-electron chi connectivity index (χ4n) is 6.95. The highest BCUT2D eigenvalue weighted by atomic mass is 35.5. The van der Waals surface area contributed by atoms with Gasteiger partial charge >= 0.3 is 0 Å². The largest absolute Gasteiger partial charge is 0.0837 e. The van der Waals surface area contributed by atoms with Gasteiger partial charge in [-0.2, -0.15) is 0 Å². The topological polar surface area (TPSA) is 0 Å². The predicted octanol–water partition coefficient (Wildman–Crippen LogP) is 8.66. The minimum atomic E-state index is -0.393. The molecule has 33 heavy (non-hydrogen) atoms. The summed E-state index contributed by atoms with van der Waals surface area (Å²) in [6.45, 7) is 9.57.